The lowest BCUT2D eigenvalue weighted by Gasteiger charge is -2.38. The van der Waals surface area contributed by atoms with E-state index in [0.29, 0.717) is 16.8 Å². The summed E-state index contributed by atoms with van der Waals surface area (Å²) in [6, 6.07) is 11.1. The van der Waals surface area contributed by atoms with E-state index in [4.69, 9.17) is 40.0 Å². The molecule has 4 aromatic rings. The summed E-state index contributed by atoms with van der Waals surface area (Å²) in [4.78, 5) is 71.3. The van der Waals surface area contributed by atoms with Crippen LogP contribution in [0, 0.1) is 12.3 Å². The van der Waals surface area contributed by atoms with Crippen molar-refractivity contribution in [1.29, 1.82) is 0 Å². The number of aliphatic hydroxyl groups is 5. The summed E-state index contributed by atoms with van der Waals surface area (Å²) in [5, 5.41) is 76.7. The van der Waals surface area contributed by atoms with Crippen molar-refractivity contribution in [3.8, 4) is 18.1 Å². The van der Waals surface area contributed by atoms with Crippen LogP contribution >= 0.6 is 0 Å². The zero-order valence-electron chi connectivity index (χ0n) is 40.7. The van der Waals surface area contributed by atoms with Crippen molar-refractivity contribution in [2.24, 2.45) is 5.14 Å². The average Bonchev–Trinajstić information content (AvgIpc) is 4.29. The van der Waals surface area contributed by atoms with E-state index in [1.807, 2.05) is 0 Å². The monoisotopic (exact) mass is 1110 g/mol. The fourth-order valence-electron chi connectivity index (χ4n) is 8.00. The third-order valence-electron chi connectivity index (χ3n) is 11.9. The van der Waals surface area contributed by atoms with E-state index >= 15 is 0 Å². The first-order valence-electron chi connectivity index (χ1n) is 23.6. The van der Waals surface area contributed by atoms with Crippen LogP contribution in [0.5, 0.6) is 5.75 Å². The lowest BCUT2D eigenvalue weighted by atomic mass is 9.99. The van der Waals surface area contributed by atoms with Crippen molar-refractivity contribution in [2.45, 2.75) is 82.1 Å². The maximum atomic E-state index is 13.5. The molecule has 11 N–H and O–H groups in total. The molecule has 78 heavy (non-hydrogen) atoms. The van der Waals surface area contributed by atoms with Gasteiger partial charge in [0.05, 0.1) is 65.0 Å². The van der Waals surface area contributed by atoms with Crippen molar-refractivity contribution < 1.29 is 100 Å². The van der Waals surface area contributed by atoms with Gasteiger partial charge in [0.2, 0.25) is 36.5 Å². The third kappa shape index (κ3) is 15.6. The molecule has 3 aliphatic rings. The van der Waals surface area contributed by atoms with Gasteiger partial charge in [-0.05, 0) is 35.9 Å². The Hall–Kier alpha value is -7.09. The number of benzene rings is 2. The summed E-state index contributed by atoms with van der Waals surface area (Å²) in [5.41, 5.74) is 1.84. The number of amides is 4. The topological polar surface area (TPSA) is 405 Å². The number of aromatic nitrogens is 4. The van der Waals surface area contributed by atoms with Crippen LogP contribution in [0.2, 0.25) is 0 Å². The van der Waals surface area contributed by atoms with Gasteiger partial charge in [-0.1, -0.05) is 30.5 Å². The van der Waals surface area contributed by atoms with Crippen molar-refractivity contribution in [3.05, 3.63) is 78.4 Å². The number of carboxylic acids is 1. The lowest BCUT2D eigenvalue weighted by Crippen LogP contribution is -2.61. The SMILES string of the molecule is C.C#Cc1cccc(Nc2nc[n+](Cc3ccc(O[C@@H]4O[C@H](C(=O)O)[C@@H](O)[C@H](O)[C@H]4O)c(NC(=O)CCNC(=O)CCOCCOCCOCCN4C(=O)C=CC4=O)c3)c3c2ncn3[C@@H]2O[C@H](COS(N)(=O)=O)[C@@H](O)[C@H]2O)c1. The van der Waals surface area contributed by atoms with Crippen molar-refractivity contribution >= 4 is 68.3 Å². The van der Waals surface area contributed by atoms with E-state index in [1.54, 1.807) is 28.8 Å². The van der Waals surface area contributed by atoms with Gasteiger partial charge in [-0.3, -0.25) is 28.3 Å². The van der Waals surface area contributed by atoms with E-state index in [9.17, 15) is 63.0 Å². The summed E-state index contributed by atoms with van der Waals surface area (Å²) in [6.07, 6.45) is -5.64. The molecule has 30 heteroatoms. The molecule has 0 radical (unpaired) electrons. The Kier molecular flexibility index (Phi) is 21.2. The van der Waals surface area contributed by atoms with Gasteiger partial charge in [-0.15, -0.1) is 6.42 Å². The highest BCUT2D eigenvalue weighted by molar-refractivity contribution is 7.84. The number of imide groups is 1. The number of carboxylic acid groups (broad SMARTS) is 1. The molecule has 2 aromatic carbocycles. The molecule has 0 spiro atoms. The van der Waals surface area contributed by atoms with E-state index in [1.165, 1.54) is 47.6 Å². The number of carbonyl (C=O) groups is 5. The number of terminal acetylenes is 1. The molecule has 422 valence electrons. The third-order valence-corrected chi connectivity index (χ3v) is 12.3. The van der Waals surface area contributed by atoms with Gasteiger partial charge in [0.15, 0.2) is 17.9 Å². The van der Waals surface area contributed by atoms with Gasteiger partial charge in [-0.2, -0.15) is 8.42 Å². The molecule has 7 rings (SSSR count). The number of imidazole rings is 1. The Bertz CT molecular complexity index is 2960. The number of nitrogens with two attached hydrogens (primary N) is 1. The second-order valence-corrected chi connectivity index (χ2v) is 18.5. The van der Waals surface area contributed by atoms with Crippen LogP contribution in [0.1, 0.15) is 37.6 Å². The van der Waals surface area contributed by atoms with Crippen LogP contribution in [0.4, 0.5) is 17.2 Å². The van der Waals surface area contributed by atoms with E-state index in [2.05, 4.69) is 36.0 Å². The normalized spacial score (nSPS) is 23.0. The number of hydrogen-bond acceptors (Lipinski definition) is 22. The number of rotatable bonds is 27. The summed E-state index contributed by atoms with van der Waals surface area (Å²) in [7, 11) is -4.46. The Morgan fingerprint density at radius 3 is 2.24 bits per heavy atom. The van der Waals surface area contributed by atoms with Crippen LogP contribution < -0.4 is 30.4 Å². The van der Waals surface area contributed by atoms with Gasteiger partial charge in [0.25, 0.3) is 17.5 Å². The minimum absolute atomic E-state index is 0. The summed E-state index contributed by atoms with van der Waals surface area (Å²) < 4.78 is 64.0. The number of nitrogens with one attached hydrogen (secondary N) is 3. The van der Waals surface area contributed by atoms with Gasteiger partial charge in [0, 0.05) is 42.8 Å². The molecule has 3 aliphatic heterocycles. The number of aliphatic carboxylic acids is 1. The highest BCUT2D eigenvalue weighted by Gasteiger charge is 2.49. The number of nitrogens with zero attached hydrogens (tertiary/aromatic N) is 5. The largest absolute Gasteiger partial charge is 0.479 e. The minimum Gasteiger partial charge on any atom is -0.479 e. The molecule has 2 aromatic heterocycles. The molecule has 29 nitrogen and oxygen atoms in total. The maximum Gasteiger partial charge on any atom is 0.335 e. The van der Waals surface area contributed by atoms with Gasteiger partial charge >= 0.3 is 16.3 Å². The molecule has 4 amide bonds. The number of fused-ring (bicyclic) bond motifs is 1. The molecule has 0 aliphatic carbocycles. The van der Waals surface area contributed by atoms with Gasteiger partial charge in [0.1, 0.15) is 42.4 Å². The molecule has 0 unspecified atom stereocenters. The first-order valence-corrected chi connectivity index (χ1v) is 25.1. The van der Waals surface area contributed by atoms with Crippen LogP contribution in [-0.4, -0.2) is 196 Å². The van der Waals surface area contributed by atoms with Crippen molar-refractivity contribution in [1.82, 2.24) is 24.8 Å². The average molecular weight is 1120 g/mol. The fourth-order valence-corrected chi connectivity index (χ4v) is 8.33. The maximum absolute atomic E-state index is 13.5. The Morgan fingerprint density at radius 2 is 1.55 bits per heavy atom. The summed E-state index contributed by atoms with van der Waals surface area (Å²) in [5.74, 6) is -0.991. The van der Waals surface area contributed by atoms with Crippen molar-refractivity contribution in [2.75, 3.05) is 70.0 Å². The molecule has 2 fully saturated rings. The number of hydrogen-bond donors (Lipinski definition) is 10. The Morgan fingerprint density at radius 1 is 0.846 bits per heavy atom. The van der Waals surface area contributed by atoms with Crippen LogP contribution in [0.3, 0.4) is 0 Å². The molecular formula is C48H60N9O20S+. The zero-order valence-corrected chi connectivity index (χ0v) is 41.5. The van der Waals surface area contributed by atoms with Crippen LogP contribution in [0.15, 0.2) is 67.3 Å². The first kappa shape index (κ1) is 60.1. The number of aliphatic hydroxyl groups excluding tert-OH is 5. The Labute approximate surface area is 445 Å². The van der Waals surface area contributed by atoms with Crippen LogP contribution in [0.25, 0.3) is 11.2 Å². The van der Waals surface area contributed by atoms with Gasteiger partial charge in [-0.25, -0.2) is 24.1 Å². The predicted octanol–water partition coefficient (Wildman–Crippen LogP) is -2.95. The first-order chi connectivity index (χ1) is 36.8. The van der Waals surface area contributed by atoms with Crippen molar-refractivity contribution in [3.63, 3.8) is 0 Å². The molecule has 0 saturated carbocycles. The Balaban J connectivity index is 0.00000984. The highest BCUT2D eigenvalue weighted by atomic mass is 32.2. The quantitative estimate of drug-likeness (QED) is 0.0123. The van der Waals surface area contributed by atoms with Gasteiger partial charge < -0.3 is 75.0 Å². The standard InChI is InChI=1S/C47H55N9O20S.CH4/c1-2-26-4-3-5-28(20-26)52-43-36-44(56(25-50-36)45-40(64)37(61)31(74-45)23-73-77(48,68)69)54(24-51-43)22-27-6-7-30(75-47-41(65)38(62)39(63)42(76-47)46(66)67)29(21-27)53-33(58)10-12-49-32(57)11-14-70-16-18-72-19-17-71-15-13-55-34(59)8-9-35(55)60;/h1,3-9,20-21,24-25,31,37-42,45,47,61-65H,10-19,22-23H2,(H5,48,49,53,57,58,66,67,68,69);1H4/p+1/t31-,37-,38+,39+,40-,41-,42+,45-,47-;/m1./s1. The minimum atomic E-state index is -4.46. The van der Waals surface area contributed by atoms with E-state index in [0.717, 1.165) is 4.90 Å². The summed E-state index contributed by atoms with van der Waals surface area (Å²) in [6.45, 7) is 0.144. The second-order valence-electron chi connectivity index (χ2n) is 17.3. The number of carbonyl (C=O) groups excluding carboxylic acids is 4. The number of anilines is 3. The molecular weight excluding hydrogens is 1050 g/mol. The highest BCUT2D eigenvalue weighted by Crippen LogP contribution is 2.34. The predicted molar refractivity (Wildman–Crippen MR) is 267 cm³/mol. The summed E-state index contributed by atoms with van der Waals surface area (Å²) >= 11 is 0. The fraction of sp³-hybridized carbons (Fsp3) is 0.458. The number of ether oxygens (including phenoxy) is 6. The lowest BCUT2D eigenvalue weighted by molar-refractivity contribution is -0.668. The molecule has 5 heterocycles. The zero-order chi connectivity index (χ0) is 55.4. The smallest absolute Gasteiger partial charge is 0.335 e. The molecule has 9 atom stereocenters. The molecule has 2 saturated heterocycles. The second kappa shape index (κ2) is 27.5. The molecule has 0 bridgehead atoms. The van der Waals surface area contributed by atoms with E-state index in [-0.39, 0.29) is 108 Å². The van der Waals surface area contributed by atoms with Crippen LogP contribution in [-0.2, 0) is 68.7 Å². The van der Waals surface area contributed by atoms with E-state index < -0.39 is 102 Å².